The van der Waals surface area contributed by atoms with E-state index in [1.165, 1.54) is 6.42 Å². The molecular formula is C15H32IN3O2. The van der Waals surface area contributed by atoms with Gasteiger partial charge >= 0.3 is 0 Å². The topological polar surface area (TPSA) is 65.9 Å². The second-order valence-corrected chi connectivity index (χ2v) is 5.52. The summed E-state index contributed by atoms with van der Waals surface area (Å²) in [4.78, 5) is 4.46. The summed E-state index contributed by atoms with van der Waals surface area (Å²) in [7, 11) is 0. The largest absolute Gasteiger partial charge is 0.388 e. The van der Waals surface area contributed by atoms with Crippen LogP contribution in [0.15, 0.2) is 4.99 Å². The molecule has 126 valence electrons. The van der Waals surface area contributed by atoms with Gasteiger partial charge in [0.15, 0.2) is 5.96 Å². The van der Waals surface area contributed by atoms with E-state index in [4.69, 9.17) is 4.74 Å². The number of aliphatic imine (C=N–C) groups is 1. The standard InChI is InChI=1S/C15H31N3O2.HI/c1-3-5-11-20-12-7-10-17-14(16-4-2)18-13-15(19)8-6-9-15;/h19H,3-13H2,1-2H3,(H2,16,17,18);1H. The molecule has 1 fully saturated rings. The van der Waals surface area contributed by atoms with Gasteiger partial charge in [-0.3, -0.25) is 4.99 Å². The normalized spacial score (nSPS) is 16.8. The van der Waals surface area contributed by atoms with Crippen LogP contribution in [0.5, 0.6) is 0 Å². The Hall–Kier alpha value is -0.0800. The van der Waals surface area contributed by atoms with Gasteiger partial charge in [0, 0.05) is 26.3 Å². The number of unbranched alkanes of at least 4 members (excludes halogenated alkanes) is 1. The summed E-state index contributed by atoms with van der Waals surface area (Å²) in [6.45, 7) is 8.03. The second-order valence-electron chi connectivity index (χ2n) is 5.52. The molecule has 3 N–H and O–H groups in total. The Morgan fingerprint density at radius 2 is 1.90 bits per heavy atom. The number of nitrogens with zero attached hydrogens (tertiary/aromatic N) is 1. The van der Waals surface area contributed by atoms with Crippen LogP contribution in [0.1, 0.15) is 52.4 Å². The summed E-state index contributed by atoms with van der Waals surface area (Å²) in [5.74, 6) is 0.793. The van der Waals surface area contributed by atoms with Gasteiger partial charge < -0.3 is 20.5 Å². The van der Waals surface area contributed by atoms with Crippen molar-refractivity contribution in [1.29, 1.82) is 0 Å². The van der Waals surface area contributed by atoms with E-state index in [0.717, 1.165) is 64.4 Å². The SMILES string of the molecule is CCCCOCCCNC(=NCC1(O)CCC1)NCC.I. The van der Waals surface area contributed by atoms with Gasteiger partial charge in [-0.2, -0.15) is 0 Å². The van der Waals surface area contributed by atoms with Crippen molar-refractivity contribution in [2.24, 2.45) is 4.99 Å². The van der Waals surface area contributed by atoms with Crippen molar-refractivity contribution in [2.45, 2.75) is 58.0 Å². The molecule has 0 radical (unpaired) electrons. The average molecular weight is 413 g/mol. The van der Waals surface area contributed by atoms with E-state index >= 15 is 0 Å². The summed E-state index contributed by atoms with van der Waals surface area (Å²) in [5, 5.41) is 16.5. The van der Waals surface area contributed by atoms with Crippen LogP contribution in [0.3, 0.4) is 0 Å². The van der Waals surface area contributed by atoms with Gasteiger partial charge in [-0.15, -0.1) is 24.0 Å². The average Bonchev–Trinajstić information content (AvgIpc) is 2.41. The Labute approximate surface area is 146 Å². The number of nitrogens with one attached hydrogen (secondary N) is 2. The lowest BCUT2D eigenvalue weighted by Crippen LogP contribution is -2.43. The summed E-state index contributed by atoms with van der Waals surface area (Å²) in [6, 6.07) is 0. The maximum absolute atomic E-state index is 10.0. The van der Waals surface area contributed by atoms with Crippen LogP contribution in [-0.4, -0.2) is 49.5 Å². The highest BCUT2D eigenvalue weighted by atomic mass is 127. The van der Waals surface area contributed by atoms with Crippen molar-refractivity contribution < 1.29 is 9.84 Å². The van der Waals surface area contributed by atoms with Gasteiger partial charge in [0.2, 0.25) is 0 Å². The number of halogens is 1. The molecule has 0 saturated heterocycles. The molecule has 6 heteroatoms. The van der Waals surface area contributed by atoms with Crippen LogP contribution in [0.2, 0.25) is 0 Å². The minimum absolute atomic E-state index is 0. The monoisotopic (exact) mass is 413 g/mol. The molecule has 0 aliphatic heterocycles. The summed E-state index contributed by atoms with van der Waals surface area (Å²) in [6.07, 6.45) is 6.15. The lowest BCUT2D eigenvalue weighted by atomic mass is 9.80. The summed E-state index contributed by atoms with van der Waals surface area (Å²) in [5.41, 5.74) is -0.550. The minimum atomic E-state index is -0.550. The summed E-state index contributed by atoms with van der Waals surface area (Å²) < 4.78 is 5.52. The fourth-order valence-corrected chi connectivity index (χ4v) is 2.04. The van der Waals surface area contributed by atoms with Gasteiger partial charge in [-0.05, 0) is 39.0 Å². The van der Waals surface area contributed by atoms with Crippen molar-refractivity contribution in [2.75, 3.05) is 32.8 Å². The highest BCUT2D eigenvalue weighted by molar-refractivity contribution is 14.0. The first kappa shape index (κ1) is 20.9. The minimum Gasteiger partial charge on any atom is -0.388 e. The van der Waals surface area contributed by atoms with Gasteiger partial charge in [0.1, 0.15) is 0 Å². The number of ether oxygens (including phenoxy) is 1. The zero-order valence-corrected chi connectivity index (χ0v) is 15.8. The predicted octanol–water partition coefficient (Wildman–Crippen LogP) is 2.28. The van der Waals surface area contributed by atoms with Crippen LogP contribution >= 0.6 is 24.0 Å². The third-order valence-electron chi connectivity index (χ3n) is 3.56. The molecule has 0 amide bonds. The van der Waals surface area contributed by atoms with E-state index in [9.17, 15) is 5.11 Å². The maximum Gasteiger partial charge on any atom is 0.191 e. The van der Waals surface area contributed by atoms with Crippen molar-refractivity contribution >= 4 is 29.9 Å². The lowest BCUT2D eigenvalue weighted by Gasteiger charge is -2.35. The number of hydrogen-bond acceptors (Lipinski definition) is 3. The summed E-state index contributed by atoms with van der Waals surface area (Å²) >= 11 is 0. The van der Waals surface area contributed by atoms with Gasteiger partial charge in [-0.1, -0.05) is 13.3 Å². The fraction of sp³-hybridized carbons (Fsp3) is 0.933. The molecule has 0 heterocycles. The first-order chi connectivity index (χ1) is 9.70. The van der Waals surface area contributed by atoms with Crippen LogP contribution in [0.4, 0.5) is 0 Å². The van der Waals surface area contributed by atoms with E-state index in [1.54, 1.807) is 0 Å². The highest BCUT2D eigenvalue weighted by Gasteiger charge is 2.34. The van der Waals surface area contributed by atoms with E-state index < -0.39 is 5.60 Å². The molecule has 0 aromatic carbocycles. The molecule has 0 unspecified atom stereocenters. The smallest absolute Gasteiger partial charge is 0.191 e. The third kappa shape index (κ3) is 9.52. The zero-order chi connectivity index (χ0) is 14.7. The second kappa shape index (κ2) is 12.5. The van der Waals surface area contributed by atoms with E-state index in [0.29, 0.717) is 6.54 Å². The van der Waals surface area contributed by atoms with Gasteiger partial charge in [0.05, 0.1) is 12.1 Å². The highest BCUT2D eigenvalue weighted by Crippen LogP contribution is 2.31. The molecule has 1 aliphatic carbocycles. The maximum atomic E-state index is 10.0. The van der Waals surface area contributed by atoms with Crippen molar-refractivity contribution in [3.63, 3.8) is 0 Å². The third-order valence-corrected chi connectivity index (χ3v) is 3.56. The molecule has 1 saturated carbocycles. The number of rotatable bonds is 10. The zero-order valence-electron chi connectivity index (χ0n) is 13.5. The van der Waals surface area contributed by atoms with E-state index in [2.05, 4.69) is 22.5 Å². The van der Waals surface area contributed by atoms with Gasteiger partial charge in [0.25, 0.3) is 0 Å². The molecule has 1 aliphatic rings. The van der Waals surface area contributed by atoms with E-state index in [1.807, 2.05) is 6.92 Å². The molecule has 0 aromatic heterocycles. The Morgan fingerprint density at radius 3 is 2.48 bits per heavy atom. The lowest BCUT2D eigenvalue weighted by molar-refractivity contribution is -0.0236. The molecule has 5 nitrogen and oxygen atoms in total. The molecule has 0 spiro atoms. The van der Waals surface area contributed by atoms with E-state index in [-0.39, 0.29) is 24.0 Å². The number of guanidine groups is 1. The first-order valence-corrected chi connectivity index (χ1v) is 8.02. The molecular weight excluding hydrogens is 381 g/mol. The Balaban J connectivity index is 0.00000400. The molecule has 0 aromatic rings. The Bertz CT molecular complexity index is 284. The molecule has 0 atom stereocenters. The molecule has 21 heavy (non-hydrogen) atoms. The van der Waals surface area contributed by atoms with Crippen LogP contribution in [-0.2, 0) is 4.74 Å². The van der Waals surface area contributed by atoms with Gasteiger partial charge in [-0.25, -0.2) is 0 Å². The van der Waals surface area contributed by atoms with Crippen LogP contribution < -0.4 is 10.6 Å². The first-order valence-electron chi connectivity index (χ1n) is 8.02. The Morgan fingerprint density at radius 1 is 1.19 bits per heavy atom. The quantitative estimate of drug-likeness (QED) is 0.223. The van der Waals surface area contributed by atoms with Crippen molar-refractivity contribution in [1.82, 2.24) is 10.6 Å². The fourth-order valence-electron chi connectivity index (χ4n) is 2.04. The van der Waals surface area contributed by atoms with Crippen molar-refractivity contribution in [3.8, 4) is 0 Å². The van der Waals surface area contributed by atoms with Crippen LogP contribution in [0.25, 0.3) is 0 Å². The predicted molar refractivity (Wildman–Crippen MR) is 98.5 cm³/mol. The van der Waals surface area contributed by atoms with Crippen LogP contribution in [0, 0.1) is 0 Å². The number of hydrogen-bond donors (Lipinski definition) is 3. The number of aliphatic hydroxyl groups is 1. The molecule has 0 bridgehead atoms. The molecule has 1 rings (SSSR count). The van der Waals surface area contributed by atoms with Crippen molar-refractivity contribution in [3.05, 3.63) is 0 Å². The Kier molecular flexibility index (Phi) is 12.4.